The molecule has 0 atom stereocenters. The number of aryl methyl sites for hydroxylation is 2. The van der Waals surface area contributed by atoms with E-state index in [0.717, 1.165) is 29.9 Å². The number of quaternary nitrogens is 1. The molecule has 0 aromatic heterocycles. The fourth-order valence-electron chi connectivity index (χ4n) is 2.69. The summed E-state index contributed by atoms with van der Waals surface area (Å²) in [7, 11) is 0. The number of benzene rings is 1. The van der Waals surface area contributed by atoms with Crippen molar-refractivity contribution in [1.29, 1.82) is 0 Å². The van der Waals surface area contributed by atoms with Gasteiger partial charge in [-0.3, -0.25) is 9.69 Å². The quantitative estimate of drug-likeness (QED) is 0.854. The zero-order valence-corrected chi connectivity index (χ0v) is 14.1. The smallest absolute Gasteiger partial charge is 0.410 e. The van der Waals surface area contributed by atoms with E-state index >= 15 is 0 Å². The fourth-order valence-corrected chi connectivity index (χ4v) is 2.69. The Morgan fingerprint density at radius 1 is 1.26 bits per heavy atom. The average Bonchev–Trinajstić information content (AvgIpc) is 2.52. The van der Waals surface area contributed by atoms with Gasteiger partial charge in [-0.25, -0.2) is 4.79 Å². The summed E-state index contributed by atoms with van der Waals surface area (Å²) in [6, 6.07) is 6.03. The minimum absolute atomic E-state index is 0.0123. The predicted octanol–water partition coefficient (Wildman–Crippen LogP) is 0.599. The summed E-state index contributed by atoms with van der Waals surface area (Å²) in [5, 5.41) is 2.99. The Balaban J connectivity index is 1.81. The number of nitrogens with one attached hydrogen (secondary N) is 2. The number of hydrogen-bond acceptors (Lipinski definition) is 3. The van der Waals surface area contributed by atoms with E-state index in [-0.39, 0.29) is 12.0 Å². The van der Waals surface area contributed by atoms with Crippen molar-refractivity contribution in [2.24, 2.45) is 0 Å². The second kappa shape index (κ2) is 7.97. The molecule has 1 aromatic rings. The number of nitrogens with zero attached hydrogens (tertiary/aromatic N) is 1. The molecule has 1 fully saturated rings. The third-order valence-corrected chi connectivity index (χ3v) is 4.07. The summed E-state index contributed by atoms with van der Waals surface area (Å²) < 4.78 is 5.00. The van der Waals surface area contributed by atoms with Gasteiger partial charge in [0.15, 0.2) is 6.54 Å². The molecule has 6 nitrogen and oxygen atoms in total. The van der Waals surface area contributed by atoms with Crippen LogP contribution in [0.1, 0.15) is 18.1 Å². The van der Waals surface area contributed by atoms with Crippen molar-refractivity contribution < 1.29 is 19.2 Å². The van der Waals surface area contributed by atoms with Crippen LogP contribution in [-0.4, -0.2) is 56.2 Å². The van der Waals surface area contributed by atoms with Gasteiger partial charge in [0.05, 0.1) is 32.8 Å². The zero-order valence-electron chi connectivity index (χ0n) is 14.1. The summed E-state index contributed by atoms with van der Waals surface area (Å²) in [4.78, 5) is 26.8. The van der Waals surface area contributed by atoms with Crippen LogP contribution >= 0.6 is 0 Å². The Morgan fingerprint density at radius 2 is 1.96 bits per heavy atom. The maximum absolute atomic E-state index is 12.2. The first kappa shape index (κ1) is 17.3. The van der Waals surface area contributed by atoms with Gasteiger partial charge in [0.1, 0.15) is 0 Å². The third-order valence-electron chi connectivity index (χ3n) is 4.07. The summed E-state index contributed by atoms with van der Waals surface area (Å²) in [5.41, 5.74) is 3.06. The molecule has 0 spiro atoms. The normalized spacial score (nSPS) is 15.3. The molecule has 1 saturated heterocycles. The van der Waals surface area contributed by atoms with E-state index in [0.29, 0.717) is 26.2 Å². The summed E-state index contributed by atoms with van der Waals surface area (Å²) in [6.45, 7) is 9.40. The monoisotopic (exact) mass is 320 g/mol. The van der Waals surface area contributed by atoms with E-state index in [1.807, 2.05) is 32.0 Å². The maximum atomic E-state index is 12.2. The Kier molecular flexibility index (Phi) is 5.98. The van der Waals surface area contributed by atoms with Crippen molar-refractivity contribution in [3.8, 4) is 0 Å². The van der Waals surface area contributed by atoms with Crippen molar-refractivity contribution in [2.45, 2.75) is 20.8 Å². The van der Waals surface area contributed by atoms with Crippen molar-refractivity contribution >= 4 is 17.7 Å². The van der Waals surface area contributed by atoms with E-state index in [1.54, 1.807) is 11.8 Å². The lowest BCUT2D eigenvalue weighted by atomic mass is 10.1. The van der Waals surface area contributed by atoms with Crippen LogP contribution in [-0.2, 0) is 9.53 Å². The van der Waals surface area contributed by atoms with Crippen LogP contribution in [0.3, 0.4) is 0 Å². The minimum Gasteiger partial charge on any atom is -0.450 e. The largest absolute Gasteiger partial charge is 0.450 e. The lowest BCUT2D eigenvalue weighted by Gasteiger charge is -2.31. The average molecular weight is 320 g/mol. The molecule has 0 radical (unpaired) electrons. The SMILES string of the molecule is CCOC(=O)N1CC[NH+](CC(=O)Nc2cc(C)ccc2C)CC1. The van der Waals surface area contributed by atoms with E-state index in [2.05, 4.69) is 5.32 Å². The highest BCUT2D eigenvalue weighted by atomic mass is 16.6. The third kappa shape index (κ3) is 4.96. The molecule has 0 bridgehead atoms. The lowest BCUT2D eigenvalue weighted by molar-refractivity contribution is -0.895. The predicted molar refractivity (Wildman–Crippen MR) is 88.7 cm³/mol. The summed E-state index contributed by atoms with van der Waals surface area (Å²) in [6.07, 6.45) is -0.258. The topological polar surface area (TPSA) is 63.1 Å². The van der Waals surface area contributed by atoms with Crippen molar-refractivity contribution in [3.63, 3.8) is 0 Å². The molecule has 2 rings (SSSR count). The van der Waals surface area contributed by atoms with Crippen molar-refractivity contribution in [1.82, 2.24) is 4.90 Å². The number of amides is 2. The number of piperazine rings is 1. The first-order chi connectivity index (χ1) is 11.0. The second-order valence-electron chi connectivity index (χ2n) is 5.98. The molecular formula is C17H26N3O3+. The molecule has 6 heteroatoms. The number of carbonyl (C=O) groups is 2. The van der Waals surface area contributed by atoms with Crippen LogP contribution in [0.25, 0.3) is 0 Å². The van der Waals surface area contributed by atoms with Gasteiger partial charge < -0.3 is 15.0 Å². The lowest BCUT2D eigenvalue weighted by Crippen LogP contribution is -3.15. The Hall–Kier alpha value is -2.08. The molecule has 0 aliphatic carbocycles. The van der Waals surface area contributed by atoms with Crippen LogP contribution in [0, 0.1) is 13.8 Å². The van der Waals surface area contributed by atoms with E-state index < -0.39 is 0 Å². The standard InChI is InChI=1S/C17H25N3O3/c1-4-23-17(22)20-9-7-19(8-10-20)12-16(21)18-15-11-13(2)5-6-14(15)3/h5-6,11H,4,7-10,12H2,1-3H3,(H,18,21)/p+1. The van der Waals surface area contributed by atoms with Gasteiger partial charge in [-0.15, -0.1) is 0 Å². The van der Waals surface area contributed by atoms with Crippen molar-refractivity contribution in [3.05, 3.63) is 29.3 Å². The molecule has 2 N–H and O–H groups in total. The highest BCUT2D eigenvalue weighted by Gasteiger charge is 2.25. The van der Waals surface area contributed by atoms with Crippen LogP contribution in [0.15, 0.2) is 18.2 Å². The van der Waals surface area contributed by atoms with Crippen LogP contribution in [0.2, 0.25) is 0 Å². The zero-order chi connectivity index (χ0) is 16.8. The number of ether oxygens (including phenoxy) is 1. The number of carbonyl (C=O) groups excluding carboxylic acids is 2. The maximum Gasteiger partial charge on any atom is 0.410 e. The molecule has 2 amide bonds. The highest BCUT2D eigenvalue weighted by Crippen LogP contribution is 2.15. The van der Waals surface area contributed by atoms with Gasteiger partial charge in [0, 0.05) is 5.69 Å². The summed E-state index contributed by atoms with van der Waals surface area (Å²) in [5.74, 6) is 0.0123. The first-order valence-electron chi connectivity index (χ1n) is 8.12. The molecule has 0 saturated carbocycles. The van der Waals surface area contributed by atoms with Gasteiger partial charge in [-0.05, 0) is 38.0 Å². The molecule has 1 aliphatic heterocycles. The van der Waals surface area contributed by atoms with Gasteiger partial charge in [0.25, 0.3) is 5.91 Å². The first-order valence-corrected chi connectivity index (χ1v) is 8.12. The molecular weight excluding hydrogens is 294 g/mol. The molecule has 23 heavy (non-hydrogen) atoms. The molecule has 1 aliphatic rings. The van der Waals surface area contributed by atoms with Gasteiger partial charge in [-0.1, -0.05) is 12.1 Å². The second-order valence-corrected chi connectivity index (χ2v) is 5.98. The van der Waals surface area contributed by atoms with Gasteiger partial charge >= 0.3 is 6.09 Å². The van der Waals surface area contributed by atoms with E-state index in [4.69, 9.17) is 4.74 Å². The molecule has 126 valence electrons. The Labute approximate surface area is 137 Å². The highest BCUT2D eigenvalue weighted by molar-refractivity contribution is 5.92. The van der Waals surface area contributed by atoms with Gasteiger partial charge in [0.2, 0.25) is 0 Å². The minimum atomic E-state index is -0.258. The van der Waals surface area contributed by atoms with Crippen molar-refractivity contribution in [2.75, 3.05) is 44.6 Å². The van der Waals surface area contributed by atoms with Gasteiger partial charge in [-0.2, -0.15) is 0 Å². The van der Waals surface area contributed by atoms with E-state index in [9.17, 15) is 9.59 Å². The Morgan fingerprint density at radius 3 is 2.61 bits per heavy atom. The molecule has 1 aromatic carbocycles. The number of hydrogen-bond donors (Lipinski definition) is 2. The van der Waals surface area contributed by atoms with Crippen LogP contribution in [0.4, 0.5) is 10.5 Å². The Bertz CT molecular complexity index is 566. The molecule has 0 unspecified atom stereocenters. The van der Waals surface area contributed by atoms with Crippen LogP contribution < -0.4 is 10.2 Å². The number of anilines is 1. The van der Waals surface area contributed by atoms with E-state index in [1.165, 1.54) is 4.90 Å². The summed E-state index contributed by atoms with van der Waals surface area (Å²) >= 11 is 0. The number of rotatable bonds is 4. The van der Waals surface area contributed by atoms with Crippen LogP contribution in [0.5, 0.6) is 0 Å². The fraction of sp³-hybridized carbons (Fsp3) is 0.529. The molecule has 1 heterocycles.